The highest BCUT2D eigenvalue weighted by molar-refractivity contribution is 5.90. The number of amides is 2. The standard InChI is InChI=1S/C18H25N3O3/c1-4-16-17(14(3)20-24-16)19-18(23)21(13(2)10-11-22)12-15-8-6-5-7-9-15/h5-9,13,22H,4,10-12H2,1-3H3,(H,19,23). The second-order valence-corrected chi connectivity index (χ2v) is 5.82. The van der Waals surface area contributed by atoms with E-state index in [1.807, 2.05) is 44.2 Å². The molecule has 0 aliphatic carbocycles. The van der Waals surface area contributed by atoms with Gasteiger partial charge < -0.3 is 19.8 Å². The van der Waals surface area contributed by atoms with Gasteiger partial charge in [0.15, 0.2) is 5.76 Å². The zero-order valence-corrected chi connectivity index (χ0v) is 14.5. The van der Waals surface area contributed by atoms with E-state index in [0.717, 1.165) is 5.56 Å². The van der Waals surface area contributed by atoms with Gasteiger partial charge in [0.05, 0.1) is 0 Å². The third kappa shape index (κ3) is 4.35. The molecule has 2 rings (SSSR count). The molecular formula is C18H25N3O3. The normalized spacial score (nSPS) is 12.0. The van der Waals surface area contributed by atoms with Gasteiger partial charge in [0.1, 0.15) is 11.4 Å². The molecule has 2 amide bonds. The summed E-state index contributed by atoms with van der Waals surface area (Å²) in [5.41, 5.74) is 2.33. The first kappa shape index (κ1) is 18.0. The van der Waals surface area contributed by atoms with E-state index in [-0.39, 0.29) is 18.7 Å². The van der Waals surface area contributed by atoms with Crippen LogP contribution >= 0.6 is 0 Å². The number of hydrogen-bond donors (Lipinski definition) is 2. The predicted molar refractivity (Wildman–Crippen MR) is 92.8 cm³/mol. The lowest BCUT2D eigenvalue weighted by Gasteiger charge is -2.29. The summed E-state index contributed by atoms with van der Waals surface area (Å²) < 4.78 is 5.23. The molecule has 0 radical (unpaired) electrons. The Balaban J connectivity index is 2.19. The zero-order chi connectivity index (χ0) is 17.5. The van der Waals surface area contributed by atoms with Crippen molar-refractivity contribution >= 4 is 11.7 Å². The number of aryl methyl sites for hydroxylation is 2. The first-order chi connectivity index (χ1) is 11.6. The summed E-state index contributed by atoms with van der Waals surface area (Å²) in [6.07, 6.45) is 1.17. The van der Waals surface area contributed by atoms with Crippen LogP contribution in [0.4, 0.5) is 10.5 Å². The van der Waals surface area contributed by atoms with Gasteiger partial charge in [-0.2, -0.15) is 0 Å². The predicted octanol–water partition coefficient (Wildman–Crippen LogP) is 3.35. The van der Waals surface area contributed by atoms with Crippen LogP contribution in [0.2, 0.25) is 0 Å². The lowest BCUT2D eigenvalue weighted by atomic mass is 10.1. The van der Waals surface area contributed by atoms with E-state index in [0.29, 0.717) is 36.5 Å². The van der Waals surface area contributed by atoms with Gasteiger partial charge in [-0.3, -0.25) is 0 Å². The second-order valence-electron chi connectivity index (χ2n) is 5.82. The van der Waals surface area contributed by atoms with Crippen LogP contribution in [0, 0.1) is 6.92 Å². The molecule has 24 heavy (non-hydrogen) atoms. The summed E-state index contributed by atoms with van der Waals surface area (Å²) in [5.74, 6) is 0.662. The summed E-state index contributed by atoms with van der Waals surface area (Å²) in [7, 11) is 0. The molecule has 2 N–H and O–H groups in total. The Bertz CT molecular complexity index is 655. The van der Waals surface area contributed by atoms with Crippen LogP contribution in [0.1, 0.15) is 37.3 Å². The van der Waals surface area contributed by atoms with Crippen molar-refractivity contribution in [3.8, 4) is 0 Å². The molecule has 0 fully saturated rings. The highest BCUT2D eigenvalue weighted by atomic mass is 16.5. The Hall–Kier alpha value is -2.34. The SMILES string of the molecule is CCc1onc(C)c1NC(=O)N(Cc1ccccc1)C(C)CCO. The molecule has 0 saturated carbocycles. The summed E-state index contributed by atoms with van der Waals surface area (Å²) in [5, 5.41) is 16.1. The molecule has 0 spiro atoms. The molecule has 1 heterocycles. The third-order valence-corrected chi connectivity index (χ3v) is 4.02. The van der Waals surface area contributed by atoms with E-state index in [1.165, 1.54) is 0 Å². The molecule has 1 aromatic heterocycles. The highest BCUT2D eigenvalue weighted by Gasteiger charge is 2.23. The van der Waals surface area contributed by atoms with Crippen molar-refractivity contribution in [3.63, 3.8) is 0 Å². The van der Waals surface area contributed by atoms with Crippen molar-refractivity contribution in [1.29, 1.82) is 0 Å². The van der Waals surface area contributed by atoms with Gasteiger partial charge in [-0.05, 0) is 25.8 Å². The van der Waals surface area contributed by atoms with Gasteiger partial charge in [0.2, 0.25) is 0 Å². The Morgan fingerprint density at radius 2 is 2.08 bits per heavy atom. The lowest BCUT2D eigenvalue weighted by Crippen LogP contribution is -2.41. The molecule has 130 valence electrons. The second kappa shape index (κ2) is 8.49. The van der Waals surface area contributed by atoms with Gasteiger partial charge >= 0.3 is 6.03 Å². The first-order valence-corrected chi connectivity index (χ1v) is 8.24. The molecule has 0 saturated heterocycles. The van der Waals surface area contributed by atoms with Crippen molar-refractivity contribution in [2.75, 3.05) is 11.9 Å². The number of benzene rings is 1. The number of urea groups is 1. The maximum absolute atomic E-state index is 12.8. The number of nitrogens with one attached hydrogen (secondary N) is 1. The molecule has 6 heteroatoms. The maximum Gasteiger partial charge on any atom is 0.322 e. The topological polar surface area (TPSA) is 78.6 Å². The number of rotatable bonds is 7. The van der Waals surface area contributed by atoms with Crippen LogP contribution in [0.3, 0.4) is 0 Å². The minimum atomic E-state index is -0.221. The molecule has 0 aliphatic heterocycles. The Morgan fingerprint density at radius 3 is 2.71 bits per heavy atom. The fraction of sp³-hybridized carbons (Fsp3) is 0.444. The van der Waals surface area contributed by atoms with Gasteiger partial charge in [-0.15, -0.1) is 0 Å². The van der Waals surface area contributed by atoms with Gasteiger partial charge in [-0.25, -0.2) is 4.79 Å². The number of aromatic nitrogens is 1. The van der Waals surface area contributed by atoms with Crippen molar-refractivity contribution in [1.82, 2.24) is 10.1 Å². The minimum Gasteiger partial charge on any atom is -0.396 e. The molecule has 0 aliphatic rings. The molecule has 1 unspecified atom stereocenters. The zero-order valence-electron chi connectivity index (χ0n) is 14.5. The quantitative estimate of drug-likeness (QED) is 0.815. The number of aliphatic hydroxyl groups is 1. The van der Waals surface area contributed by atoms with E-state index < -0.39 is 0 Å². The number of aliphatic hydroxyl groups excluding tert-OH is 1. The number of carbonyl (C=O) groups is 1. The summed E-state index contributed by atoms with van der Waals surface area (Å²) in [4.78, 5) is 14.5. The molecule has 6 nitrogen and oxygen atoms in total. The fourth-order valence-corrected chi connectivity index (χ4v) is 2.55. The molecule has 0 bridgehead atoms. The summed E-state index contributed by atoms with van der Waals surface area (Å²) in [6, 6.07) is 9.48. The molecule has 1 atom stereocenters. The maximum atomic E-state index is 12.8. The van der Waals surface area contributed by atoms with Crippen molar-refractivity contribution in [2.45, 2.75) is 46.2 Å². The van der Waals surface area contributed by atoms with E-state index in [9.17, 15) is 9.90 Å². The van der Waals surface area contributed by atoms with E-state index >= 15 is 0 Å². The van der Waals surface area contributed by atoms with Crippen molar-refractivity contribution < 1.29 is 14.4 Å². The van der Waals surface area contributed by atoms with Crippen LogP contribution in [0.5, 0.6) is 0 Å². The van der Waals surface area contributed by atoms with E-state index in [2.05, 4.69) is 10.5 Å². The van der Waals surface area contributed by atoms with Gasteiger partial charge in [-0.1, -0.05) is 42.4 Å². The van der Waals surface area contributed by atoms with Crippen LogP contribution in [0.25, 0.3) is 0 Å². The molecular weight excluding hydrogens is 306 g/mol. The van der Waals surface area contributed by atoms with Crippen molar-refractivity contribution in [3.05, 3.63) is 47.3 Å². The average Bonchev–Trinajstić information content (AvgIpc) is 2.93. The number of nitrogens with zero attached hydrogens (tertiary/aromatic N) is 2. The molecule has 2 aromatic rings. The lowest BCUT2D eigenvalue weighted by molar-refractivity contribution is 0.169. The van der Waals surface area contributed by atoms with Gasteiger partial charge in [0.25, 0.3) is 0 Å². The van der Waals surface area contributed by atoms with E-state index in [4.69, 9.17) is 4.52 Å². The van der Waals surface area contributed by atoms with E-state index in [1.54, 1.807) is 11.8 Å². The smallest absolute Gasteiger partial charge is 0.322 e. The fourth-order valence-electron chi connectivity index (χ4n) is 2.55. The third-order valence-electron chi connectivity index (χ3n) is 4.02. The summed E-state index contributed by atoms with van der Waals surface area (Å²) >= 11 is 0. The number of anilines is 1. The first-order valence-electron chi connectivity index (χ1n) is 8.24. The van der Waals surface area contributed by atoms with Crippen LogP contribution in [-0.4, -0.2) is 33.8 Å². The van der Waals surface area contributed by atoms with Crippen LogP contribution < -0.4 is 5.32 Å². The highest BCUT2D eigenvalue weighted by Crippen LogP contribution is 2.22. The minimum absolute atomic E-state index is 0.0340. The monoisotopic (exact) mass is 331 g/mol. The summed E-state index contributed by atoms with van der Waals surface area (Å²) in [6.45, 7) is 6.19. The number of hydrogen-bond acceptors (Lipinski definition) is 4. The number of carbonyl (C=O) groups excluding carboxylic acids is 1. The van der Waals surface area contributed by atoms with Gasteiger partial charge in [0, 0.05) is 25.6 Å². The largest absolute Gasteiger partial charge is 0.396 e. The van der Waals surface area contributed by atoms with Crippen molar-refractivity contribution in [2.24, 2.45) is 0 Å². The Morgan fingerprint density at radius 1 is 1.38 bits per heavy atom. The molecule has 1 aromatic carbocycles. The van der Waals surface area contributed by atoms with Crippen LogP contribution in [0.15, 0.2) is 34.9 Å². The average molecular weight is 331 g/mol. The van der Waals surface area contributed by atoms with Crippen LogP contribution in [-0.2, 0) is 13.0 Å². The Kier molecular flexibility index (Phi) is 6.37. The Labute approximate surface area is 142 Å².